The molecule has 4 N–H and O–H groups in total. The van der Waals surface area contributed by atoms with Crippen molar-refractivity contribution in [1.29, 1.82) is 0 Å². The first-order valence-electron chi connectivity index (χ1n) is 5.00. The van der Waals surface area contributed by atoms with Gasteiger partial charge in [-0.05, 0) is 19.5 Å². The zero-order valence-corrected chi connectivity index (χ0v) is 8.72. The molecule has 1 rings (SSSR count). The van der Waals surface area contributed by atoms with Crippen LogP contribution in [-0.4, -0.2) is 35.5 Å². The lowest BCUT2D eigenvalue weighted by Crippen LogP contribution is -2.27. The average molecular weight is 212 g/mol. The van der Waals surface area contributed by atoms with Crippen LogP contribution >= 0.6 is 0 Å². The molecule has 0 bridgehead atoms. The Bertz CT molecular complexity index is 355. The van der Waals surface area contributed by atoms with E-state index in [1.165, 1.54) is 6.20 Å². The summed E-state index contributed by atoms with van der Waals surface area (Å²) >= 11 is 0. The Hall–Kier alpha value is -1.56. The summed E-state index contributed by atoms with van der Waals surface area (Å²) in [5, 5.41) is 5.85. The van der Waals surface area contributed by atoms with Gasteiger partial charge < -0.3 is 20.6 Å². The summed E-state index contributed by atoms with van der Waals surface area (Å²) in [5.74, 6) is -0.259. The second kappa shape index (κ2) is 6.02. The van der Waals surface area contributed by atoms with Gasteiger partial charge in [0.1, 0.15) is 5.69 Å². The van der Waals surface area contributed by atoms with Crippen molar-refractivity contribution < 1.29 is 4.79 Å². The molecule has 1 aromatic heterocycles. The van der Waals surface area contributed by atoms with E-state index in [0.29, 0.717) is 6.54 Å². The Kier molecular flexibility index (Phi) is 4.62. The third kappa shape index (κ3) is 3.99. The minimum atomic E-state index is -0.368. The number of aromatic nitrogens is 2. The number of amides is 1. The number of nitrogens with one attached hydrogen (secondary N) is 4. The van der Waals surface area contributed by atoms with E-state index in [4.69, 9.17) is 0 Å². The van der Waals surface area contributed by atoms with Crippen molar-refractivity contribution in [1.82, 2.24) is 20.6 Å². The largest absolute Gasteiger partial charge is 0.351 e. The van der Waals surface area contributed by atoms with E-state index in [9.17, 15) is 9.59 Å². The van der Waals surface area contributed by atoms with Gasteiger partial charge in [0.05, 0.1) is 0 Å². The van der Waals surface area contributed by atoms with Gasteiger partial charge in [-0.3, -0.25) is 4.79 Å². The fourth-order valence-corrected chi connectivity index (χ4v) is 1.14. The van der Waals surface area contributed by atoms with Crippen molar-refractivity contribution in [3.05, 3.63) is 22.4 Å². The number of imidazole rings is 1. The number of hydrogen-bond acceptors (Lipinski definition) is 3. The van der Waals surface area contributed by atoms with Gasteiger partial charge >= 0.3 is 5.69 Å². The summed E-state index contributed by atoms with van der Waals surface area (Å²) in [6, 6.07) is 0. The lowest BCUT2D eigenvalue weighted by atomic mass is 10.4. The molecule has 1 aromatic rings. The number of hydrogen-bond donors (Lipinski definition) is 4. The van der Waals surface area contributed by atoms with E-state index in [-0.39, 0.29) is 17.3 Å². The zero-order valence-electron chi connectivity index (χ0n) is 8.72. The molecule has 0 fully saturated rings. The van der Waals surface area contributed by atoms with Gasteiger partial charge in [0.2, 0.25) is 0 Å². The van der Waals surface area contributed by atoms with Crippen LogP contribution in [-0.2, 0) is 0 Å². The third-order valence-electron chi connectivity index (χ3n) is 1.91. The summed E-state index contributed by atoms with van der Waals surface area (Å²) < 4.78 is 0. The predicted molar refractivity (Wildman–Crippen MR) is 56.9 cm³/mol. The van der Waals surface area contributed by atoms with Crippen molar-refractivity contribution >= 4 is 5.91 Å². The molecular formula is C9H16N4O2. The summed E-state index contributed by atoms with van der Waals surface area (Å²) in [5.41, 5.74) is -0.101. The van der Waals surface area contributed by atoms with Gasteiger partial charge in [0.25, 0.3) is 5.91 Å². The maximum Gasteiger partial charge on any atom is 0.323 e. The van der Waals surface area contributed by atoms with Gasteiger partial charge in [0.15, 0.2) is 0 Å². The van der Waals surface area contributed by atoms with Crippen molar-refractivity contribution in [2.75, 3.05) is 19.6 Å². The monoisotopic (exact) mass is 212 g/mol. The normalized spacial score (nSPS) is 10.2. The second-order valence-corrected chi connectivity index (χ2v) is 3.12. The molecule has 1 amide bonds. The standard InChI is InChI=1S/C9H16N4O2/c1-2-10-4-3-5-11-8(14)7-6-12-9(15)13-7/h6,10H,2-5H2,1H3,(H,11,14)(H2,12,13,15). The van der Waals surface area contributed by atoms with E-state index in [1.54, 1.807) is 0 Å². The quantitative estimate of drug-likeness (QED) is 0.476. The maximum atomic E-state index is 11.4. The van der Waals surface area contributed by atoms with E-state index >= 15 is 0 Å². The number of carbonyl (C=O) groups excluding carboxylic acids is 1. The molecule has 0 saturated carbocycles. The Morgan fingerprint density at radius 1 is 1.47 bits per heavy atom. The van der Waals surface area contributed by atoms with Crippen molar-refractivity contribution in [3.63, 3.8) is 0 Å². The number of aromatic amines is 2. The first-order chi connectivity index (χ1) is 7.24. The summed E-state index contributed by atoms with van der Waals surface area (Å²) in [6.45, 7) is 4.43. The highest BCUT2D eigenvalue weighted by Crippen LogP contribution is 1.86. The second-order valence-electron chi connectivity index (χ2n) is 3.12. The Morgan fingerprint density at radius 3 is 2.87 bits per heavy atom. The first-order valence-corrected chi connectivity index (χ1v) is 5.00. The summed E-state index contributed by atoms with van der Waals surface area (Å²) in [4.78, 5) is 26.8. The fourth-order valence-electron chi connectivity index (χ4n) is 1.14. The van der Waals surface area contributed by atoms with Crippen molar-refractivity contribution in [2.24, 2.45) is 0 Å². The number of carbonyl (C=O) groups is 1. The molecule has 0 saturated heterocycles. The van der Waals surface area contributed by atoms with Crippen LogP contribution in [0.1, 0.15) is 23.8 Å². The van der Waals surface area contributed by atoms with Crippen LogP contribution in [0.4, 0.5) is 0 Å². The van der Waals surface area contributed by atoms with Gasteiger partial charge in [-0.2, -0.15) is 0 Å². The molecular weight excluding hydrogens is 196 g/mol. The average Bonchev–Trinajstić information content (AvgIpc) is 2.64. The minimum absolute atomic E-state index is 0.259. The Morgan fingerprint density at radius 2 is 2.27 bits per heavy atom. The summed E-state index contributed by atoms with van der Waals surface area (Å²) in [7, 11) is 0. The van der Waals surface area contributed by atoms with E-state index < -0.39 is 0 Å². The SMILES string of the molecule is CCNCCCNC(=O)c1c[nH]c(=O)[nH]1. The van der Waals surface area contributed by atoms with E-state index in [0.717, 1.165) is 19.5 Å². The van der Waals surface area contributed by atoms with Crippen molar-refractivity contribution in [2.45, 2.75) is 13.3 Å². The first kappa shape index (κ1) is 11.5. The molecule has 0 radical (unpaired) electrons. The van der Waals surface area contributed by atoms with Crippen molar-refractivity contribution in [3.8, 4) is 0 Å². The molecule has 15 heavy (non-hydrogen) atoms. The van der Waals surface area contributed by atoms with Gasteiger partial charge in [0, 0.05) is 12.7 Å². The molecule has 84 valence electrons. The third-order valence-corrected chi connectivity index (χ3v) is 1.91. The van der Waals surface area contributed by atoms with Gasteiger partial charge in [-0.15, -0.1) is 0 Å². The molecule has 0 spiro atoms. The Balaban J connectivity index is 2.22. The van der Waals surface area contributed by atoms with Crippen LogP contribution in [0.3, 0.4) is 0 Å². The molecule has 0 aliphatic carbocycles. The van der Waals surface area contributed by atoms with Crippen LogP contribution in [0, 0.1) is 0 Å². The van der Waals surface area contributed by atoms with E-state index in [1.807, 2.05) is 6.92 Å². The lowest BCUT2D eigenvalue weighted by molar-refractivity contribution is 0.0948. The Labute approximate surface area is 87.5 Å². The number of H-pyrrole nitrogens is 2. The van der Waals surface area contributed by atoms with Gasteiger partial charge in [-0.25, -0.2) is 4.79 Å². The molecule has 0 unspecified atom stereocenters. The highest BCUT2D eigenvalue weighted by atomic mass is 16.2. The fraction of sp³-hybridized carbons (Fsp3) is 0.556. The van der Waals surface area contributed by atoms with Crippen LogP contribution in [0.5, 0.6) is 0 Å². The number of rotatable bonds is 6. The minimum Gasteiger partial charge on any atom is -0.351 e. The smallest absolute Gasteiger partial charge is 0.323 e. The molecule has 6 heteroatoms. The van der Waals surface area contributed by atoms with Gasteiger partial charge in [-0.1, -0.05) is 6.92 Å². The maximum absolute atomic E-state index is 11.4. The van der Waals surface area contributed by atoms with E-state index in [2.05, 4.69) is 20.6 Å². The van der Waals surface area contributed by atoms with Crippen LogP contribution in [0.15, 0.2) is 11.0 Å². The highest BCUT2D eigenvalue weighted by Gasteiger charge is 2.05. The molecule has 0 aliphatic rings. The predicted octanol–water partition coefficient (Wildman–Crippen LogP) is -0.568. The highest BCUT2D eigenvalue weighted by molar-refractivity contribution is 5.91. The topological polar surface area (TPSA) is 89.8 Å². The van der Waals surface area contributed by atoms with Crippen LogP contribution in [0.25, 0.3) is 0 Å². The molecule has 0 aliphatic heterocycles. The molecule has 6 nitrogen and oxygen atoms in total. The van der Waals surface area contributed by atoms with Crippen LogP contribution < -0.4 is 16.3 Å². The zero-order chi connectivity index (χ0) is 11.1. The molecule has 0 atom stereocenters. The molecule has 1 heterocycles. The summed E-state index contributed by atoms with van der Waals surface area (Å²) in [6.07, 6.45) is 2.23. The molecule has 0 aromatic carbocycles. The van der Waals surface area contributed by atoms with Crippen LogP contribution in [0.2, 0.25) is 0 Å². The lowest BCUT2D eigenvalue weighted by Gasteiger charge is -2.03.